The van der Waals surface area contributed by atoms with Crippen molar-refractivity contribution in [2.45, 2.75) is 24.7 Å². The zero-order valence-corrected chi connectivity index (χ0v) is 19.1. The van der Waals surface area contributed by atoms with Crippen molar-refractivity contribution in [1.29, 1.82) is 0 Å². The van der Waals surface area contributed by atoms with Crippen LogP contribution in [-0.2, 0) is 14.8 Å². The molecule has 1 amide bonds. The summed E-state index contributed by atoms with van der Waals surface area (Å²) in [4.78, 5) is 21.2. The smallest absolute Gasteiger partial charge is 0.246 e. The first-order valence-electron chi connectivity index (χ1n) is 10.6. The molecule has 0 unspecified atom stereocenters. The van der Waals surface area contributed by atoms with Gasteiger partial charge in [0, 0.05) is 57.1 Å². The third-order valence-electron chi connectivity index (χ3n) is 6.10. The summed E-state index contributed by atoms with van der Waals surface area (Å²) in [5.41, 5.74) is 2.42. The second-order valence-electron chi connectivity index (χ2n) is 8.12. The van der Waals surface area contributed by atoms with Gasteiger partial charge in [0.25, 0.3) is 0 Å². The van der Waals surface area contributed by atoms with Crippen molar-refractivity contribution in [3.63, 3.8) is 0 Å². The minimum absolute atomic E-state index is 0.0211. The monoisotopic (exact) mass is 462 g/mol. The Balaban J connectivity index is 1.32. The predicted octanol–water partition coefficient (Wildman–Crippen LogP) is 2.79. The van der Waals surface area contributed by atoms with Crippen molar-refractivity contribution in [2.75, 3.05) is 44.2 Å². The Kier molecular flexibility index (Phi) is 6.50. The van der Waals surface area contributed by atoms with Crippen LogP contribution < -0.4 is 4.90 Å². The van der Waals surface area contributed by atoms with Crippen molar-refractivity contribution < 1.29 is 13.2 Å². The number of aromatic nitrogens is 1. The number of piperazine rings is 1. The Morgan fingerprint density at radius 1 is 1.03 bits per heavy atom. The second kappa shape index (κ2) is 9.14. The number of pyridine rings is 1. The highest BCUT2D eigenvalue weighted by Crippen LogP contribution is 2.28. The predicted molar refractivity (Wildman–Crippen MR) is 121 cm³/mol. The maximum Gasteiger partial charge on any atom is 0.246 e. The molecular formula is C22H27ClN4O3S. The van der Waals surface area contributed by atoms with Crippen LogP contribution in [-0.4, -0.2) is 67.8 Å². The van der Waals surface area contributed by atoms with E-state index in [0.717, 1.165) is 13.1 Å². The summed E-state index contributed by atoms with van der Waals surface area (Å²) in [6.45, 7) is 5.70. The molecule has 2 aliphatic heterocycles. The van der Waals surface area contributed by atoms with Crippen molar-refractivity contribution in [2.24, 2.45) is 5.92 Å². The summed E-state index contributed by atoms with van der Waals surface area (Å²) < 4.78 is 27.2. The molecule has 1 aromatic heterocycles. The van der Waals surface area contributed by atoms with Crippen LogP contribution in [0.1, 0.15) is 18.4 Å². The summed E-state index contributed by atoms with van der Waals surface area (Å²) in [7, 11) is -3.70. The molecule has 31 heavy (non-hydrogen) atoms. The molecule has 0 bridgehead atoms. The lowest BCUT2D eigenvalue weighted by atomic mass is 9.96. The Morgan fingerprint density at radius 3 is 2.39 bits per heavy atom. The molecular weight excluding hydrogens is 436 g/mol. The number of benzene rings is 1. The first kappa shape index (κ1) is 22.0. The number of hydrogen-bond acceptors (Lipinski definition) is 5. The number of piperidine rings is 1. The number of carbonyl (C=O) groups is 1. The van der Waals surface area contributed by atoms with E-state index in [1.807, 2.05) is 4.90 Å². The van der Waals surface area contributed by atoms with Gasteiger partial charge in [0.15, 0.2) is 0 Å². The Hall–Kier alpha value is -2.16. The number of halogens is 1. The number of sulfonamides is 1. The summed E-state index contributed by atoms with van der Waals surface area (Å²) >= 11 is 5.99. The van der Waals surface area contributed by atoms with Crippen molar-refractivity contribution >= 4 is 33.2 Å². The number of amides is 1. The van der Waals surface area contributed by atoms with Gasteiger partial charge >= 0.3 is 0 Å². The van der Waals surface area contributed by atoms with Gasteiger partial charge in [-0.2, -0.15) is 4.31 Å². The third kappa shape index (κ3) is 4.71. The molecule has 7 nitrogen and oxygen atoms in total. The minimum atomic E-state index is -3.70. The van der Waals surface area contributed by atoms with E-state index in [2.05, 4.69) is 41.1 Å². The van der Waals surface area contributed by atoms with E-state index in [1.54, 1.807) is 6.07 Å². The van der Waals surface area contributed by atoms with Crippen LogP contribution in [0.3, 0.4) is 0 Å². The van der Waals surface area contributed by atoms with E-state index in [0.29, 0.717) is 39.0 Å². The number of aryl methyl sites for hydroxylation is 1. The minimum Gasteiger partial charge on any atom is -0.368 e. The number of hydrogen-bond donors (Lipinski definition) is 0. The van der Waals surface area contributed by atoms with Gasteiger partial charge in [-0.25, -0.2) is 13.4 Å². The van der Waals surface area contributed by atoms with Gasteiger partial charge in [-0.1, -0.05) is 23.7 Å². The van der Waals surface area contributed by atoms with Crippen molar-refractivity contribution in [3.8, 4) is 0 Å². The number of carbonyl (C=O) groups excluding carboxylic acids is 1. The third-order valence-corrected chi connectivity index (χ3v) is 8.45. The van der Waals surface area contributed by atoms with E-state index >= 15 is 0 Å². The molecule has 0 N–H and O–H groups in total. The lowest BCUT2D eigenvalue weighted by molar-refractivity contribution is -0.137. The Labute approximate surface area is 188 Å². The molecule has 2 aromatic rings. The normalized spacial score (nSPS) is 18.9. The Bertz CT molecular complexity index is 1050. The fraction of sp³-hybridized carbons (Fsp3) is 0.455. The fourth-order valence-corrected chi connectivity index (χ4v) is 6.21. The molecule has 1 aromatic carbocycles. The zero-order chi connectivity index (χ0) is 22.0. The maximum atomic E-state index is 13.0. The quantitative estimate of drug-likeness (QED) is 0.653. The summed E-state index contributed by atoms with van der Waals surface area (Å²) in [6, 6.07) is 11.4. The molecule has 4 rings (SSSR count). The van der Waals surface area contributed by atoms with Gasteiger partial charge in [0.1, 0.15) is 10.0 Å². The van der Waals surface area contributed by atoms with E-state index in [9.17, 15) is 13.2 Å². The molecule has 2 aliphatic rings. The van der Waals surface area contributed by atoms with E-state index in [1.165, 1.54) is 27.8 Å². The SMILES string of the molecule is Cc1cccc(N2CCN(C(=O)C3CCN(S(=O)(=O)c4cccnc4Cl)CC3)CC2)c1. The standard InChI is InChI=1S/C22H27ClN4O3S/c1-17-4-2-5-19(16-17)25-12-14-26(15-13-25)22(28)18-7-10-27(11-8-18)31(29,30)20-6-3-9-24-21(20)23/h2-6,9,16,18H,7-8,10-15H2,1H3. The van der Waals surface area contributed by atoms with Gasteiger partial charge in [-0.05, 0) is 49.6 Å². The molecule has 9 heteroatoms. The fourth-order valence-electron chi connectivity index (χ4n) is 4.31. The number of anilines is 1. The average molecular weight is 463 g/mol. The topological polar surface area (TPSA) is 73.8 Å². The van der Waals surface area contributed by atoms with Crippen LogP contribution in [0.25, 0.3) is 0 Å². The van der Waals surface area contributed by atoms with E-state index in [-0.39, 0.29) is 21.9 Å². The van der Waals surface area contributed by atoms with Gasteiger partial charge in [-0.15, -0.1) is 0 Å². The molecule has 2 saturated heterocycles. The average Bonchev–Trinajstić information content (AvgIpc) is 2.79. The molecule has 0 aliphatic carbocycles. The highest BCUT2D eigenvalue weighted by atomic mass is 35.5. The van der Waals surface area contributed by atoms with Crippen molar-refractivity contribution in [1.82, 2.24) is 14.2 Å². The lowest BCUT2D eigenvalue weighted by Crippen LogP contribution is -2.52. The molecule has 0 saturated carbocycles. The van der Waals surface area contributed by atoms with Crippen molar-refractivity contribution in [3.05, 3.63) is 53.3 Å². The van der Waals surface area contributed by atoms with Crippen LogP contribution in [0.5, 0.6) is 0 Å². The van der Waals surface area contributed by atoms with Crippen LogP contribution in [0.2, 0.25) is 5.15 Å². The molecule has 0 radical (unpaired) electrons. The highest BCUT2D eigenvalue weighted by molar-refractivity contribution is 7.89. The van der Waals surface area contributed by atoms with Gasteiger partial charge in [0.2, 0.25) is 15.9 Å². The first-order chi connectivity index (χ1) is 14.9. The van der Waals surface area contributed by atoms with Gasteiger partial charge in [-0.3, -0.25) is 4.79 Å². The van der Waals surface area contributed by atoms with E-state index in [4.69, 9.17) is 11.6 Å². The Morgan fingerprint density at radius 2 is 1.74 bits per heavy atom. The summed E-state index contributed by atoms with van der Waals surface area (Å²) in [5.74, 6) is 0.00157. The molecule has 3 heterocycles. The lowest BCUT2D eigenvalue weighted by Gasteiger charge is -2.39. The van der Waals surface area contributed by atoms with Crippen LogP contribution in [0, 0.1) is 12.8 Å². The largest absolute Gasteiger partial charge is 0.368 e. The number of rotatable bonds is 4. The zero-order valence-electron chi connectivity index (χ0n) is 17.6. The van der Waals surface area contributed by atoms with Gasteiger partial charge in [0.05, 0.1) is 0 Å². The second-order valence-corrected chi connectivity index (χ2v) is 10.4. The molecule has 2 fully saturated rings. The maximum absolute atomic E-state index is 13.0. The van der Waals surface area contributed by atoms with Crippen LogP contribution in [0.4, 0.5) is 5.69 Å². The molecule has 0 spiro atoms. The highest BCUT2D eigenvalue weighted by Gasteiger charge is 2.35. The van der Waals surface area contributed by atoms with Crippen LogP contribution in [0.15, 0.2) is 47.5 Å². The number of nitrogens with zero attached hydrogens (tertiary/aromatic N) is 4. The molecule has 166 valence electrons. The van der Waals surface area contributed by atoms with E-state index < -0.39 is 10.0 Å². The summed E-state index contributed by atoms with van der Waals surface area (Å²) in [5, 5.41) is -0.0211. The first-order valence-corrected chi connectivity index (χ1v) is 12.4. The summed E-state index contributed by atoms with van der Waals surface area (Å²) in [6.07, 6.45) is 2.51. The molecule has 0 atom stereocenters. The van der Waals surface area contributed by atoms with Gasteiger partial charge < -0.3 is 9.80 Å². The van der Waals surface area contributed by atoms with Crippen LogP contribution >= 0.6 is 11.6 Å².